The molecule has 0 spiro atoms. The Bertz CT molecular complexity index is 838. The summed E-state index contributed by atoms with van der Waals surface area (Å²) in [4.78, 5) is 37.9. The molecule has 1 fully saturated rings. The molecule has 0 aliphatic carbocycles. The molecule has 0 bridgehead atoms. The van der Waals surface area contributed by atoms with Gasteiger partial charge in [-0.25, -0.2) is 0 Å². The second-order valence-electron chi connectivity index (χ2n) is 6.86. The molecule has 1 aromatic carbocycles. The second kappa shape index (κ2) is 6.70. The number of rotatable bonds is 4. The molecule has 6 nitrogen and oxygen atoms in total. The van der Waals surface area contributed by atoms with E-state index in [2.05, 4.69) is 5.32 Å². The van der Waals surface area contributed by atoms with Gasteiger partial charge < -0.3 is 10.2 Å². The van der Waals surface area contributed by atoms with Crippen LogP contribution in [0, 0.1) is 5.92 Å². The fourth-order valence-corrected chi connectivity index (χ4v) is 3.34. The van der Waals surface area contributed by atoms with Gasteiger partial charge in [-0.15, -0.1) is 0 Å². The van der Waals surface area contributed by atoms with Crippen LogP contribution in [0.5, 0.6) is 0 Å². The van der Waals surface area contributed by atoms with Crippen LogP contribution in [0.3, 0.4) is 0 Å². The van der Waals surface area contributed by atoms with E-state index in [1.165, 1.54) is 6.92 Å². The highest BCUT2D eigenvalue weighted by molar-refractivity contribution is 5.95. The van der Waals surface area contributed by atoms with E-state index in [0.29, 0.717) is 13.0 Å². The molecule has 0 saturated carbocycles. The van der Waals surface area contributed by atoms with Crippen LogP contribution in [-0.4, -0.2) is 46.3 Å². The van der Waals surface area contributed by atoms with Crippen LogP contribution in [0.2, 0.25) is 0 Å². The van der Waals surface area contributed by atoms with E-state index in [9.17, 15) is 14.4 Å². The van der Waals surface area contributed by atoms with Crippen molar-refractivity contribution in [1.82, 2.24) is 14.8 Å². The molecule has 1 saturated heterocycles. The Morgan fingerprint density at radius 3 is 2.68 bits per heavy atom. The summed E-state index contributed by atoms with van der Waals surface area (Å²) in [5, 5.41) is 3.77. The largest absolute Gasteiger partial charge is 0.343 e. The van der Waals surface area contributed by atoms with Crippen LogP contribution in [0.1, 0.15) is 31.1 Å². The first kappa shape index (κ1) is 17.2. The molecule has 25 heavy (non-hydrogen) atoms. The van der Waals surface area contributed by atoms with Crippen LogP contribution in [-0.2, 0) is 16.0 Å². The molecule has 2 aromatic rings. The third-order valence-corrected chi connectivity index (χ3v) is 4.68. The maximum Gasteiger partial charge on any atom is 0.245 e. The van der Waals surface area contributed by atoms with Crippen molar-refractivity contribution in [2.45, 2.75) is 33.2 Å². The number of carbonyl (C=O) groups is 3. The first-order valence-electron chi connectivity index (χ1n) is 8.56. The van der Waals surface area contributed by atoms with Gasteiger partial charge in [0.15, 0.2) is 0 Å². The van der Waals surface area contributed by atoms with Crippen LogP contribution in [0.25, 0.3) is 10.9 Å². The number of amides is 2. The highest BCUT2D eigenvalue weighted by atomic mass is 16.2. The summed E-state index contributed by atoms with van der Waals surface area (Å²) < 4.78 is 1.63. The minimum atomic E-state index is -0.459. The summed E-state index contributed by atoms with van der Waals surface area (Å²) in [6, 6.07) is 7.27. The van der Waals surface area contributed by atoms with Crippen molar-refractivity contribution >= 4 is 28.6 Å². The Labute approximate surface area is 146 Å². The van der Waals surface area contributed by atoms with Crippen molar-refractivity contribution in [3.8, 4) is 0 Å². The number of para-hydroxylation sites is 1. The smallest absolute Gasteiger partial charge is 0.245 e. The van der Waals surface area contributed by atoms with Crippen molar-refractivity contribution in [1.29, 1.82) is 0 Å². The lowest BCUT2D eigenvalue weighted by atomic mass is 10.0. The maximum atomic E-state index is 12.6. The third kappa shape index (κ3) is 3.29. The van der Waals surface area contributed by atoms with Gasteiger partial charge in [0.2, 0.25) is 17.7 Å². The number of hydrogen-bond donors (Lipinski definition) is 1. The fraction of sp³-hybridized carbons (Fsp3) is 0.421. The van der Waals surface area contributed by atoms with Crippen molar-refractivity contribution in [3.05, 3.63) is 36.0 Å². The minimum absolute atomic E-state index is 0.0371. The Balaban J connectivity index is 1.82. The van der Waals surface area contributed by atoms with Gasteiger partial charge in [0.1, 0.15) is 6.04 Å². The first-order chi connectivity index (χ1) is 11.9. The van der Waals surface area contributed by atoms with Gasteiger partial charge >= 0.3 is 0 Å². The Morgan fingerprint density at radius 2 is 2.00 bits per heavy atom. The average molecular weight is 341 g/mol. The summed E-state index contributed by atoms with van der Waals surface area (Å²) in [7, 11) is 0. The van der Waals surface area contributed by atoms with Crippen LogP contribution in [0.15, 0.2) is 30.5 Å². The summed E-state index contributed by atoms with van der Waals surface area (Å²) >= 11 is 0. The predicted octanol–water partition coefficient (Wildman–Crippen LogP) is 1.83. The average Bonchev–Trinajstić information content (AvgIpc) is 2.94. The Kier molecular flexibility index (Phi) is 4.61. The van der Waals surface area contributed by atoms with E-state index in [-0.39, 0.29) is 30.2 Å². The molecule has 6 heteroatoms. The summed E-state index contributed by atoms with van der Waals surface area (Å²) in [6.07, 6.45) is 2.44. The number of hydrogen-bond acceptors (Lipinski definition) is 3. The predicted molar refractivity (Wildman–Crippen MR) is 95.3 cm³/mol. The molecular weight excluding hydrogens is 318 g/mol. The number of nitrogens with one attached hydrogen (secondary N) is 1. The number of nitrogens with zero attached hydrogens (tertiary/aromatic N) is 2. The minimum Gasteiger partial charge on any atom is -0.343 e. The summed E-state index contributed by atoms with van der Waals surface area (Å²) in [6.45, 7) is 5.93. The van der Waals surface area contributed by atoms with Gasteiger partial charge in [-0.1, -0.05) is 32.0 Å². The second-order valence-corrected chi connectivity index (χ2v) is 6.86. The van der Waals surface area contributed by atoms with Crippen LogP contribution < -0.4 is 5.32 Å². The topological polar surface area (TPSA) is 71.4 Å². The molecule has 1 atom stereocenters. The Hall–Kier alpha value is -2.63. The van der Waals surface area contributed by atoms with E-state index < -0.39 is 6.04 Å². The van der Waals surface area contributed by atoms with Crippen molar-refractivity contribution in [2.24, 2.45) is 5.92 Å². The lowest BCUT2D eigenvalue weighted by Gasteiger charge is -2.34. The molecule has 0 unspecified atom stereocenters. The Morgan fingerprint density at radius 1 is 1.28 bits per heavy atom. The number of benzene rings is 1. The van der Waals surface area contributed by atoms with E-state index in [4.69, 9.17) is 0 Å². The molecule has 3 rings (SSSR count). The zero-order chi connectivity index (χ0) is 18.1. The molecule has 132 valence electrons. The zero-order valence-electron chi connectivity index (χ0n) is 14.8. The standard InChI is InChI=1S/C19H23N3O3/c1-12(2)18-19(25)21(11-17(24)20-18)9-8-14-10-22(13(3)23)16-7-5-4-6-15(14)16/h4-7,10,12,18H,8-9,11H2,1-3H3,(H,20,24)/t18-/m0/s1. The number of carbonyl (C=O) groups excluding carboxylic acids is 3. The zero-order valence-corrected chi connectivity index (χ0v) is 14.8. The van der Waals surface area contributed by atoms with Crippen molar-refractivity contribution in [3.63, 3.8) is 0 Å². The molecule has 1 aromatic heterocycles. The molecule has 0 radical (unpaired) electrons. The quantitative estimate of drug-likeness (QED) is 0.922. The molecule has 1 N–H and O–H groups in total. The summed E-state index contributed by atoms with van der Waals surface area (Å²) in [5.74, 6) is -0.149. The number of fused-ring (bicyclic) bond motifs is 1. The van der Waals surface area contributed by atoms with Gasteiger partial charge in [0.05, 0.1) is 12.1 Å². The lowest BCUT2D eigenvalue weighted by molar-refractivity contribution is -0.145. The van der Waals surface area contributed by atoms with Gasteiger partial charge in [-0.2, -0.15) is 0 Å². The lowest BCUT2D eigenvalue weighted by Crippen LogP contribution is -2.60. The normalized spacial score (nSPS) is 18.1. The van der Waals surface area contributed by atoms with Gasteiger partial charge in [-0.3, -0.25) is 19.0 Å². The highest BCUT2D eigenvalue weighted by Gasteiger charge is 2.34. The van der Waals surface area contributed by atoms with E-state index in [0.717, 1.165) is 16.5 Å². The monoisotopic (exact) mass is 341 g/mol. The highest BCUT2D eigenvalue weighted by Crippen LogP contribution is 2.22. The molecular formula is C19H23N3O3. The van der Waals surface area contributed by atoms with E-state index in [1.54, 1.807) is 9.47 Å². The molecule has 2 amide bonds. The van der Waals surface area contributed by atoms with E-state index >= 15 is 0 Å². The van der Waals surface area contributed by atoms with Crippen molar-refractivity contribution in [2.75, 3.05) is 13.1 Å². The number of aromatic nitrogens is 1. The SMILES string of the molecule is CC(=O)n1cc(CCN2CC(=O)N[C@@H](C(C)C)C2=O)c2ccccc21. The van der Waals surface area contributed by atoms with Crippen LogP contribution in [0.4, 0.5) is 0 Å². The first-order valence-corrected chi connectivity index (χ1v) is 8.56. The summed E-state index contributed by atoms with van der Waals surface area (Å²) in [5.41, 5.74) is 1.87. The number of piperazine rings is 1. The maximum absolute atomic E-state index is 12.6. The van der Waals surface area contributed by atoms with Crippen molar-refractivity contribution < 1.29 is 14.4 Å². The molecule has 1 aliphatic rings. The van der Waals surface area contributed by atoms with Gasteiger partial charge in [-0.05, 0) is 24.0 Å². The van der Waals surface area contributed by atoms with E-state index in [1.807, 2.05) is 44.3 Å². The molecule has 2 heterocycles. The fourth-order valence-electron chi connectivity index (χ4n) is 3.34. The third-order valence-electron chi connectivity index (χ3n) is 4.68. The van der Waals surface area contributed by atoms with Gasteiger partial charge in [0, 0.05) is 25.1 Å². The van der Waals surface area contributed by atoms with Gasteiger partial charge in [0.25, 0.3) is 0 Å². The molecule has 1 aliphatic heterocycles. The van der Waals surface area contributed by atoms with Crippen LogP contribution >= 0.6 is 0 Å².